The molecule has 1 saturated heterocycles. The van der Waals surface area contributed by atoms with Crippen molar-refractivity contribution in [2.75, 3.05) is 24.5 Å². The molecule has 0 bridgehead atoms. The lowest BCUT2D eigenvalue weighted by Crippen LogP contribution is -2.41. The first kappa shape index (κ1) is 13.3. The number of rotatable bonds is 3. The standard InChI is InChI=1S/C12H17BrN4O/c1-9(18)14-5-10-3-2-4-17(8-10)12-15-6-11(13)7-16-12/h6-7,10H,2-5,8H2,1H3,(H,14,18). The summed E-state index contributed by atoms with van der Waals surface area (Å²) < 4.78 is 0.887. The van der Waals surface area contributed by atoms with Crippen LogP contribution in [-0.4, -0.2) is 35.5 Å². The second-order valence-electron chi connectivity index (χ2n) is 4.59. The number of carbonyl (C=O) groups excluding carboxylic acids is 1. The third-order valence-electron chi connectivity index (χ3n) is 3.05. The van der Waals surface area contributed by atoms with Gasteiger partial charge in [0.1, 0.15) is 0 Å². The van der Waals surface area contributed by atoms with Gasteiger partial charge in [-0.25, -0.2) is 9.97 Å². The van der Waals surface area contributed by atoms with Crippen LogP contribution in [0.5, 0.6) is 0 Å². The number of nitrogens with zero attached hydrogens (tertiary/aromatic N) is 3. The number of nitrogens with one attached hydrogen (secondary N) is 1. The molecule has 1 N–H and O–H groups in total. The van der Waals surface area contributed by atoms with Crippen molar-refractivity contribution in [3.63, 3.8) is 0 Å². The Kier molecular flexibility index (Phi) is 4.52. The molecule has 1 aromatic rings. The number of anilines is 1. The largest absolute Gasteiger partial charge is 0.356 e. The highest BCUT2D eigenvalue weighted by Crippen LogP contribution is 2.20. The molecule has 98 valence electrons. The maximum atomic E-state index is 10.9. The average Bonchev–Trinajstić information content (AvgIpc) is 2.37. The molecule has 2 heterocycles. The summed E-state index contributed by atoms with van der Waals surface area (Å²) in [5.41, 5.74) is 0. The van der Waals surface area contributed by atoms with Crippen LogP contribution in [-0.2, 0) is 4.79 Å². The lowest BCUT2D eigenvalue weighted by Gasteiger charge is -2.32. The van der Waals surface area contributed by atoms with Gasteiger partial charge >= 0.3 is 0 Å². The van der Waals surface area contributed by atoms with Gasteiger partial charge in [-0.15, -0.1) is 0 Å². The first-order valence-corrected chi connectivity index (χ1v) is 6.91. The van der Waals surface area contributed by atoms with E-state index in [9.17, 15) is 4.79 Å². The average molecular weight is 313 g/mol. The van der Waals surface area contributed by atoms with E-state index in [-0.39, 0.29) is 5.91 Å². The minimum absolute atomic E-state index is 0.0343. The van der Waals surface area contributed by atoms with Gasteiger partial charge in [-0.1, -0.05) is 0 Å². The Morgan fingerprint density at radius 3 is 2.94 bits per heavy atom. The van der Waals surface area contributed by atoms with Crippen LogP contribution in [0.2, 0.25) is 0 Å². The highest BCUT2D eigenvalue weighted by Gasteiger charge is 2.21. The van der Waals surface area contributed by atoms with Gasteiger partial charge in [-0.3, -0.25) is 4.79 Å². The fourth-order valence-electron chi connectivity index (χ4n) is 2.17. The monoisotopic (exact) mass is 312 g/mol. The van der Waals surface area contributed by atoms with Crippen LogP contribution in [0.15, 0.2) is 16.9 Å². The summed E-state index contributed by atoms with van der Waals surface area (Å²) >= 11 is 3.33. The number of piperidine rings is 1. The van der Waals surface area contributed by atoms with Crippen molar-refractivity contribution in [2.24, 2.45) is 5.92 Å². The lowest BCUT2D eigenvalue weighted by atomic mass is 9.98. The van der Waals surface area contributed by atoms with E-state index in [1.165, 1.54) is 0 Å². The van der Waals surface area contributed by atoms with Gasteiger partial charge in [0.25, 0.3) is 0 Å². The van der Waals surface area contributed by atoms with E-state index in [1.54, 1.807) is 19.3 Å². The van der Waals surface area contributed by atoms with Crippen molar-refractivity contribution in [3.8, 4) is 0 Å². The number of hydrogen-bond donors (Lipinski definition) is 1. The maximum Gasteiger partial charge on any atom is 0.225 e. The zero-order valence-corrected chi connectivity index (χ0v) is 12.0. The minimum atomic E-state index is 0.0343. The Bertz CT molecular complexity index is 409. The molecule has 0 saturated carbocycles. The van der Waals surface area contributed by atoms with Crippen molar-refractivity contribution in [1.82, 2.24) is 15.3 Å². The van der Waals surface area contributed by atoms with Crippen LogP contribution in [0.1, 0.15) is 19.8 Å². The quantitative estimate of drug-likeness (QED) is 0.921. The minimum Gasteiger partial charge on any atom is -0.356 e. The van der Waals surface area contributed by atoms with Crippen molar-refractivity contribution >= 4 is 27.8 Å². The molecule has 0 aromatic carbocycles. The highest BCUT2D eigenvalue weighted by molar-refractivity contribution is 9.10. The molecule has 0 radical (unpaired) electrons. The molecule has 0 aliphatic carbocycles. The molecule has 1 amide bonds. The second kappa shape index (κ2) is 6.13. The predicted molar refractivity (Wildman–Crippen MR) is 73.4 cm³/mol. The summed E-state index contributed by atoms with van der Waals surface area (Å²) in [6.45, 7) is 4.18. The Balaban J connectivity index is 1.93. The van der Waals surface area contributed by atoms with Crippen LogP contribution in [0.4, 0.5) is 5.95 Å². The van der Waals surface area contributed by atoms with E-state index in [0.29, 0.717) is 5.92 Å². The molecule has 5 nitrogen and oxygen atoms in total. The van der Waals surface area contributed by atoms with Crippen LogP contribution in [0.25, 0.3) is 0 Å². The maximum absolute atomic E-state index is 10.9. The summed E-state index contributed by atoms with van der Waals surface area (Å²) in [7, 11) is 0. The van der Waals surface area contributed by atoms with Crippen LogP contribution < -0.4 is 10.2 Å². The Hall–Kier alpha value is -1.17. The van der Waals surface area contributed by atoms with E-state index < -0.39 is 0 Å². The molecule has 6 heteroatoms. The van der Waals surface area contributed by atoms with Crippen LogP contribution in [0.3, 0.4) is 0 Å². The van der Waals surface area contributed by atoms with Crippen molar-refractivity contribution in [3.05, 3.63) is 16.9 Å². The fraction of sp³-hybridized carbons (Fsp3) is 0.583. The van der Waals surface area contributed by atoms with Crippen molar-refractivity contribution < 1.29 is 4.79 Å². The first-order chi connectivity index (χ1) is 8.65. The van der Waals surface area contributed by atoms with Gasteiger partial charge < -0.3 is 10.2 Å². The summed E-state index contributed by atoms with van der Waals surface area (Å²) in [4.78, 5) is 21.7. The molecule has 1 atom stereocenters. The van der Waals surface area contributed by atoms with Crippen LogP contribution in [0, 0.1) is 5.92 Å². The normalized spacial score (nSPS) is 19.7. The number of halogens is 1. The summed E-state index contributed by atoms with van der Waals surface area (Å²) in [5.74, 6) is 1.28. The van der Waals surface area contributed by atoms with Gasteiger partial charge in [-0.05, 0) is 34.7 Å². The lowest BCUT2D eigenvalue weighted by molar-refractivity contribution is -0.119. The first-order valence-electron chi connectivity index (χ1n) is 6.12. The van der Waals surface area contributed by atoms with E-state index in [0.717, 1.165) is 42.9 Å². The Morgan fingerprint density at radius 2 is 2.28 bits per heavy atom. The Labute approximate surface area is 115 Å². The second-order valence-corrected chi connectivity index (χ2v) is 5.51. The van der Waals surface area contributed by atoms with Gasteiger partial charge in [0.05, 0.1) is 4.47 Å². The predicted octanol–water partition coefficient (Wildman–Crippen LogP) is 1.59. The van der Waals surface area contributed by atoms with Gasteiger partial charge in [0.15, 0.2) is 0 Å². The van der Waals surface area contributed by atoms with E-state index >= 15 is 0 Å². The molecule has 0 spiro atoms. The van der Waals surface area contributed by atoms with E-state index in [1.807, 2.05) is 0 Å². The number of carbonyl (C=O) groups is 1. The molecular formula is C12H17BrN4O. The van der Waals surface area contributed by atoms with Gasteiger partial charge in [0, 0.05) is 39.0 Å². The molecule has 18 heavy (non-hydrogen) atoms. The van der Waals surface area contributed by atoms with Crippen molar-refractivity contribution in [2.45, 2.75) is 19.8 Å². The zero-order valence-electron chi connectivity index (χ0n) is 10.4. The van der Waals surface area contributed by atoms with Gasteiger partial charge in [0.2, 0.25) is 11.9 Å². The molecule has 2 rings (SSSR count). The fourth-order valence-corrected chi connectivity index (χ4v) is 2.37. The molecule has 1 aliphatic heterocycles. The smallest absolute Gasteiger partial charge is 0.225 e. The van der Waals surface area contributed by atoms with E-state index in [4.69, 9.17) is 0 Å². The zero-order chi connectivity index (χ0) is 13.0. The third kappa shape index (κ3) is 3.66. The molecule has 1 aliphatic rings. The number of hydrogen-bond acceptors (Lipinski definition) is 4. The molecular weight excluding hydrogens is 296 g/mol. The van der Waals surface area contributed by atoms with Crippen molar-refractivity contribution in [1.29, 1.82) is 0 Å². The van der Waals surface area contributed by atoms with Gasteiger partial charge in [-0.2, -0.15) is 0 Å². The number of amides is 1. The molecule has 1 aromatic heterocycles. The number of aromatic nitrogens is 2. The third-order valence-corrected chi connectivity index (χ3v) is 3.46. The summed E-state index contributed by atoms with van der Waals surface area (Å²) in [6.07, 6.45) is 5.79. The highest BCUT2D eigenvalue weighted by atomic mass is 79.9. The molecule has 1 unspecified atom stereocenters. The topological polar surface area (TPSA) is 58.1 Å². The Morgan fingerprint density at radius 1 is 1.56 bits per heavy atom. The van der Waals surface area contributed by atoms with Crippen LogP contribution >= 0.6 is 15.9 Å². The van der Waals surface area contributed by atoms with E-state index in [2.05, 4.69) is 36.1 Å². The summed E-state index contributed by atoms with van der Waals surface area (Å²) in [5, 5.41) is 2.88. The SMILES string of the molecule is CC(=O)NCC1CCCN(c2ncc(Br)cn2)C1. The summed E-state index contributed by atoms with van der Waals surface area (Å²) in [6, 6.07) is 0. The molecule has 1 fully saturated rings.